The van der Waals surface area contributed by atoms with Gasteiger partial charge in [0, 0.05) is 17.1 Å². The number of rotatable bonds is 8. The molecule has 2 rings (SSSR count). The maximum atomic E-state index is 12.3. The summed E-state index contributed by atoms with van der Waals surface area (Å²) in [5.74, 6) is -3.34. The van der Waals surface area contributed by atoms with Gasteiger partial charge < -0.3 is 9.47 Å². The third-order valence-electron chi connectivity index (χ3n) is 3.83. The first-order valence-corrected chi connectivity index (χ1v) is 8.25. The molecule has 0 aromatic heterocycles. The molecule has 0 aliphatic carbocycles. The van der Waals surface area contributed by atoms with E-state index in [2.05, 4.69) is 4.74 Å². The molecule has 150 valence electrons. The van der Waals surface area contributed by atoms with Crippen molar-refractivity contribution in [2.75, 3.05) is 13.7 Å². The van der Waals surface area contributed by atoms with Gasteiger partial charge in [0.1, 0.15) is 0 Å². The molecule has 10 nitrogen and oxygen atoms in total. The Labute approximate surface area is 164 Å². The van der Waals surface area contributed by atoms with Crippen LogP contribution in [0.2, 0.25) is 0 Å². The monoisotopic (exact) mass is 400 g/mol. The molecule has 2 aromatic rings. The van der Waals surface area contributed by atoms with Crippen molar-refractivity contribution in [1.82, 2.24) is 0 Å². The number of nitro benzene ring substituents is 1. The molecular formula is C19H16N2O8. The van der Waals surface area contributed by atoms with E-state index in [1.54, 1.807) is 30.3 Å². The molecule has 0 N–H and O–H groups in total. The maximum Gasteiger partial charge on any atom is 0.373 e. The first-order chi connectivity index (χ1) is 13.8. The Morgan fingerprint density at radius 1 is 1.03 bits per heavy atom. The number of nitrogens with zero attached hydrogens (tertiary/aromatic N) is 2. The number of nitro groups is 2. The summed E-state index contributed by atoms with van der Waals surface area (Å²) < 4.78 is 9.68. The van der Waals surface area contributed by atoms with E-state index in [0.29, 0.717) is 5.56 Å². The average molecular weight is 400 g/mol. The fraction of sp³-hybridized carbons (Fsp3) is 0.158. The van der Waals surface area contributed by atoms with Crippen molar-refractivity contribution in [2.24, 2.45) is 0 Å². The minimum atomic E-state index is -0.996. The van der Waals surface area contributed by atoms with Gasteiger partial charge in [-0.25, -0.2) is 9.59 Å². The molecule has 10 heteroatoms. The molecule has 0 saturated carbocycles. The molecule has 29 heavy (non-hydrogen) atoms. The van der Waals surface area contributed by atoms with E-state index in [1.807, 2.05) is 0 Å². The van der Waals surface area contributed by atoms with Crippen LogP contribution in [0.25, 0.3) is 0 Å². The second-order valence-electron chi connectivity index (χ2n) is 5.75. The van der Waals surface area contributed by atoms with Crippen LogP contribution in [0.5, 0.6) is 0 Å². The Morgan fingerprint density at radius 3 is 2.17 bits per heavy atom. The molecular weight excluding hydrogens is 384 g/mol. The van der Waals surface area contributed by atoms with Crippen LogP contribution in [0.4, 0.5) is 5.69 Å². The third kappa shape index (κ3) is 5.96. The summed E-state index contributed by atoms with van der Waals surface area (Å²) in [6.45, 7) is -0.542. The molecule has 0 radical (unpaired) electrons. The van der Waals surface area contributed by atoms with E-state index in [9.17, 15) is 29.8 Å². The topological polar surface area (TPSA) is 139 Å². The van der Waals surface area contributed by atoms with Gasteiger partial charge in [-0.3, -0.25) is 20.2 Å². The number of esters is 2. The smallest absolute Gasteiger partial charge is 0.373 e. The molecule has 0 saturated heterocycles. The lowest BCUT2D eigenvalue weighted by molar-refractivity contribution is -0.481. The highest BCUT2D eigenvalue weighted by Gasteiger charge is 2.23. The Bertz CT molecular complexity index is 938. The molecule has 0 bridgehead atoms. The highest BCUT2D eigenvalue weighted by molar-refractivity contribution is 5.95. The zero-order valence-corrected chi connectivity index (χ0v) is 15.2. The van der Waals surface area contributed by atoms with Gasteiger partial charge in [-0.2, -0.15) is 0 Å². The number of carbonyl (C=O) groups is 2. The number of benzene rings is 2. The van der Waals surface area contributed by atoms with E-state index < -0.39 is 40.0 Å². The van der Waals surface area contributed by atoms with Crippen molar-refractivity contribution >= 4 is 17.6 Å². The highest BCUT2D eigenvalue weighted by Crippen LogP contribution is 2.21. The lowest BCUT2D eigenvalue weighted by Gasteiger charge is -2.12. The summed E-state index contributed by atoms with van der Waals surface area (Å²) >= 11 is 0. The van der Waals surface area contributed by atoms with Gasteiger partial charge in [-0.05, 0) is 23.8 Å². The van der Waals surface area contributed by atoms with E-state index in [0.717, 1.165) is 25.3 Å². The average Bonchev–Trinajstić information content (AvgIpc) is 2.72. The Kier molecular flexibility index (Phi) is 7.13. The number of hydrogen-bond donors (Lipinski definition) is 0. The highest BCUT2D eigenvalue weighted by atomic mass is 16.6. The van der Waals surface area contributed by atoms with Crippen LogP contribution in [0.3, 0.4) is 0 Å². The van der Waals surface area contributed by atoms with Crippen molar-refractivity contribution in [3.05, 3.63) is 97.8 Å². The van der Waals surface area contributed by atoms with Crippen LogP contribution in [-0.2, 0) is 14.3 Å². The predicted molar refractivity (Wildman–Crippen MR) is 99.7 cm³/mol. The second-order valence-corrected chi connectivity index (χ2v) is 5.75. The van der Waals surface area contributed by atoms with Gasteiger partial charge in [0.05, 0.1) is 23.5 Å². The summed E-state index contributed by atoms with van der Waals surface area (Å²) in [7, 11) is 1.07. The number of hydrogen-bond acceptors (Lipinski definition) is 8. The molecule has 2 aromatic carbocycles. The Hall–Kier alpha value is -4.08. The van der Waals surface area contributed by atoms with E-state index in [4.69, 9.17) is 4.74 Å². The quantitative estimate of drug-likeness (QED) is 0.217. The molecule has 0 fully saturated rings. The van der Waals surface area contributed by atoms with Crippen molar-refractivity contribution in [3.8, 4) is 0 Å². The minimum absolute atomic E-state index is 0.0454. The van der Waals surface area contributed by atoms with E-state index in [1.165, 1.54) is 12.1 Å². The summed E-state index contributed by atoms with van der Waals surface area (Å²) in [6.07, 6.45) is 1.15. The molecule has 0 aliphatic heterocycles. The second kappa shape index (κ2) is 9.74. The summed E-state index contributed by atoms with van der Waals surface area (Å²) in [4.78, 5) is 44.9. The molecule has 0 spiro atoms. The number of methoxy groups -OCH3 is 1. The SMILES string of the molecule is COC(=O)/C(=C/[C@@H](C[N+](=O)[O-])c1ccccc1)OC(=O)c1ccc([N+](=O)[O-])cc1. The fourth-order valence-corrected chi connectivity index (χ4v) is 2.42. The minimum Gasteiger partial charge on any atom is -0.463 e. The zero-order valence-electron chi connectivity index (χ0n) is 15.2. The molecule has 0 heterocycles. The van der Waals surface area contributed by atoms with Gasteiger partial charge in [-0.15, -0.1) is 0 Å². The molecule has 1 atom stereocenters. The van der Waals surface area contributed by atoms with Gasteiger partial charge in [-0.1, -0.05) is 30.3 Å². The first-order valence-electron chi connectivity index (χ1n) is 8.25. The fourth-order valence-electron chi connectivity index (χ4n) is 2.42. The lowest BCUT2D eigenvalue weighted by Crippen LogP contribution is -2.17. The Morgan fingerprint density at radius 2 is 1.66 bits per heavy atom. The summed E-state index contributed by atoms with van der Waals surface area (Å²) in [5, 5.41) is 21.7. The number of carbonyl (C=O) groups excluding carboxylic acids is 2. The summed E-state index contributed by atoms with van der Waals surface area (Å²) in [6, 6.07) is 12.9. The molecule has 0 aliphatic rings. The summed E-state index contributed by atoms with van der Waals surface area (Å²) in [5.41, 5.74) is 0.272. The standard InChI is InChI=1S/C19H16N2O8/c1-28-19(23)17(11-15(12-20(24)25)13-5-3-2-4-6-13)29-18(22)14-7-9-16(10-8-14)21(26)27/h2-11,15H,12H2,1H3/b17-11-/t15-/m0/s1. The van der Waals surface area contributed by atoms with Gasteiger partial charge in [0.15, 0.2) is 0 Å². The van der Waals surface area contributed by atoms with Crippen molar-refractivity contribution in [1.29, 1.82) is 0 Å². The first kappa shape index (κ1) is 21.2. The molecule has 0 amide bonds. The normalized spacial score (nSPS) is 12.0. The van der Waals surface area contributed by atoms with Gasteiger partial charge >= 0.3 is 11.9 Å². The van der Waals surface area contributed by atoms with Crippen LogP contribution in [0.15, 0.2) is 66.4 Å². The third-order valence-corrected chi connectivity index (χ3v) is 3.83. The largest absolute Gasteiger partial charge is 0.463 e. The van der Waals surface area contributed by atoms with Crippen molar-refractivity contribution < 1.29 is 28.9 Å². The van der Waals surface area contributed by atoms with Crippen LogP contribution < -0.4 is 0 Å². The predicted octanol–water partition coefficient (Wildman–Crippen LogP) is 2.87. The van der Waals surface area contributed by atoms with Crippen LogP contribution in [0, 0.1) is 20.2 Å². The van der Waals surface area contributed by atoms with Crippen LogP contribution in [-0.4, -0.2) is 35.4 Å². The molecule has 0 unspecified atom stereocenters. The van der Waals surface area contributed by atoms with Crippen molar-refractivity contribution in [2.45, 2.75) is 5.92 Å². The van der Waals surface area contributed by atoms with Gasteiger partial charge in [0.2, 0.25) is 12.3 Å². The number of ether oxygens (including phenoxy) is 2. The Balaban J connectivity index is 2.33. The van der Waals surface area contributed by atoms with Crippen molar-refractivity contribution in [3.63, 3.8) is 0 Å². The van der Waals surface area contributed by atoms with E-state index >= 15 is 0 Å². The van der Waals surface area contributed by atoms with Gasteiger partial charge in [0.25, 0.3) is 5.69 Å². The number of non-ortho nitro benzene ring substituents is 1. The maximum absolute atomic E-state index is 12.3. The zero-order chi connectivity index (χ0) is 21.4. The van der Waals surface area contributed by atoms with Crippen LogP contribution >= 0.6 is 0 Å². The van der Waals surface area contributed by atoms with E-state index in [-0.39, 0.29) is 11.3 Å². The lowest BCUT2D eigenvalue weighted by atomic mass is 9.98. The van der Waals surface area contributed by atoms with Crippen LogP contribution in [0.1, 0.15) is 21.8 Å².